The SMILES string of the molecule is CC1CN(C(=O)N[C@H](C(=O)O)C(C)(C)C)CC(C)O1. The van der Waals surface area contributed by atoms with Gasteiger partial charge in [0.05, 0.1) is 12.2 Å². The number of ether oxygens (including phenoxy) is 1. The first-order valence-corrected chi connectivity index (χ1v) is 6.55. The predicted octanol–water partition coefficient (Wildman–Crippen LogP) is 1.30. The van der Waals surface area contributed by atoms with E-state index in [0.29, 0.717) is 13.1 Å². The molecule has 1 heterocycles. The summed E-state index contributed by atoms with van der Waals surface area (Å²) in [6.07, 6.45) is -0.0696. The van der Waals surface area contributed by atoms with Gasteiger partial charge < -0.3 is 20.1 Å². The fraction of sp³-hybridized carbons (Fsp3) is 0.846. The Kier molecular flexibility index (Phi) is 4.79. The Labute approximate surface area is 114 Å². The highest BCUT2D eigenvalue weighted by atomic mass is 16.5. The number of carboxylic acids is 1. The van der Waals surface area contributed by atoms with Gasteiger partial charge in [0.25, 0.3) is 0 Å². The number of nitrogens with one attached hydrogen (secondary N) is 1. The molecule has 1 aliphatic rings. The molecule has 0 saturated carbocycles. The van der Waals surface area contributed by atoms with Crippen molar-refractivity contribution in [1.82, 2.24) is 10.2 Å². The molecule has 2 N–H and O–H groups in total. The molecule has 110 valence electrons. The van der Waals surface area contributed by atoms with Gasteiger partial charge in [-0.3, -0.25) is 0 Å². The van der Waals surface area contributed by atoms with E-state index in [1.165, 1.54) is 0 Å². The van der Waals surface area contributed by atoms with Crippen LogP contribution in [0, 0.1) is 5.41 Å². The van der Waals surface area contributed by atoms with Gasteiger partial charge in [-0.2, -0.15) is 0 Å². The zero-order valence-corrected chi connectivity index (χ0v) is 12.3. The van der Waals surface area contributed by atoms with E-state index in [-0.39, 0.29) is 18.2 Å². The minimum atomic E-state index is -1.02. The van der Waals surface area contributed by atoms with Gasteiger partial charge in [-0.1, -0.05) is 20.8 Å². The van der Waals surface area contributed by atoms with Crippen molar-refractivity contribution in [3.8, 4) is 0 Å². The molecule has 1 fully saturated rings. The van der Waals surface area contributed by atoms with Crippen molar-refractivity contribution in [2.75, 3.05) is 13.1 Å². The zero-order chi connectivity index (χ0) is 14.8. The van der Waals surface area contributed by atoms with Crippen LogP contribution in [0.2, 0.25) is 0 Å². The molecule has 2 amide bonds. The van der Waals surface area contributed by atoms with E-state index in [0.717, 1.165) is 0 Å². The summed E-state index contributed by atoms with van der Waals surface area (Å²) in [6, 6.07) is -1.25. The Morgan fingerprint density at radius 1 is 1.26 bits per heavy atom. The third kappa shape index (κ3) is 4.38. The molecule has 0 bridgehead atoms. The number of aliphatic carboxylic acids is 1. The summed E-state index contributed by atoms with van der Waals surface area (Å²) < 4.78 is 5.55. The molecule has 6 heteroatoms. The molecule has 3 atom stereocenters. The highest BCUT2D eigenvalue weighted by Crippen LogP contribution is 2.20. The van der Waals surface area contributed by atoms with Crippen LogP contribution in [-0.2, 0) is 9.53 Å². The first-order chi connectivity index (χ1) is 8.61. The number of hydrogen-bond donors (Lipinski definition) is 2. The maximum atomic E-state index is 12.1. The van der Waals surface area contributed by atoms with Crippen LogP contribution in [0.1, 0.15) is 34.6 Å². The number of rotatable bonds is 2. The summed E-state index contributed by atoms with van der Waals surface area (Å²) in [4.78, 5) is 25.0. The molecule has 2 unspecified atom stereocenters. The fourth-order valence-corrected chi connectivity index (χ4v) is 2.21. The third-order valence-corrected chi connectivity index (χ3v) is 3.09. The molecule has 0 aromatic heterocycles. The summed E-state index contributed by atoms with van der Waals surface area (Å²) in [5.74, 6) is -1.02. The van der Waals surface area contributed by atoms with Gasteiger partial charge in [-0.25, -0.2) is 9.59 Å². The minimum absolute atomic E-state index is 0.0348. The van der Waals surface area contributed by atoms with Crippen molar-refractivity contribution in [3.05, 3.63) is 0 Å². The number of amides is 2. The lowest BCUT2D eigenvalue weighted by atomic mass is 9.87. The van der Waals surface area contributed by atoms with Crippen LogP contribution in [0.3, 0.4) is 0 Å². The molecular weight excluding hydrogens is 248 g/mol. The molecule has 0 aromatic carbocycles. The number of nitrogens with zero attached hydrogens (tertiary/aromatic N) is 1. The van der Waals surface area contributed by atoms with Crippen molar-refractivity contribution < 1.29 is 19.4 Å². The van der Waals surface area contributed by atoms with Crippen molar-refractivity contribution in [3.63, 3.8) is 0 Å². The summed E-state index contributed by atoms with van der Waals surface area (Å²) in [5.41, 5.74) is -0.537. The first-order valence-electron chi connectivity index (χ1n) is 6.55. The van der Waals surface area contributed by atoms with Gasteiger partial charge in [-0.15, -0.1) is 0 Å². The van der Waals surface area contributed by atoms with E-state index in [1.54, 1.807) is 25.7 Å². The topological polar surface area (TPSA) is 78.9 Å². The molecule has 0 aromatic rings. The number of morpholine rings is 1. The first kappa shape index (κ1) is 15.8. The lowest BCUT2D eigenvalue weighted by molar-refractivity contribution is -0.142. The lowest BCUT2D eigenvalue weighted by Crippen LogP contribution is -2.57. The van der Waals surface area contributed by atoms with Crippen molar-refractivity contribution in [2.45, 2.75) is 52.9 Å². The minimum Gasteiger partial charge on any atom is -0.480 e. The molecule has 19 heavy (non-hydrogen) atoms. The smallest absolute Gasteiger partial charge is 0.326 e. The van der Waals surface area contributed by atoms with Gasteiger partial charge in [-0.05, 0) is 19.3 Å². The van der Waals surface area contributed by atoms with Crippen LogP contribution >= 0.6 is 0 Å². The van der Waals surface area contributed by atoms with Crippen LogP contribution in [0.4, 0.5) is 4.79 Å². The Balaban J connectivity index is 2.69. The Morgan fingerprint density at radius 3 is 2.11 bits per heavy atom. The average molecular weight is 272 g/mol. The van der Waals surface area contributed by atoms with Gasteiger partial charge in [0.2, 0.25) is 0 Å². The molecule has 0 spiro atoms. The standard InChI is InChI=1S/C13H24N2O4/c1-8-6-15(7-9(2)19-8)12(18)14-10(11(16)17)13(3,4)5/h8-10H,6-7H2,1-5H3,(H,14,18)(H,16,17)/t8?,9?,10-/m1/s1. The van der Waals surface area contributed by atoms with Crippen molar-refractivity contribution >= 4 is 12.0 Å². The van der Waals surface area contributed by atoms with E-state index in [9.17, 15) is 14.7 Å². The highest BCUT2D eigenvalue weighted by molar-refractivity contribution is 5.83. The molecular formula is C13H24N2O4. The van der Waals surface area contributed by atoms with E-state index >= 15 is 0 Å². The second-order valence-corrected chi connectivity index (χ2v) is 6.25. The molecule has 0 radical (unpaired) electrons. The van der Waals surface area contributed by atoms with E-state index in [2.05, 4.69) is 5.32 Å². The Morgan fingerprint density at radius 2 is 1.74 bits per heavy atom. The number of hydrogen-bond acceptors (Lipinski definition) is 3. The number of carboxylic acid groups (broad SMARTS) is 1. The monoisotopic (exact) mass is 272 g/mol. The second-order valence-electron chi connectivity index (χ2n) is 6.25. The molecule has 0 aliphatic carbocycles. The van der Waals surface area contributed by atoms with E-state index < -0.39 is 17.4 Å². The average Bonchev–Trinajstić information content (AvgIpc) is 2.21. The number of carbonyl (C=O) groups is 2. The van der Waals surface area contributed by atoms with E-state index in [1.807, 2.05) is 13.8 Å². The van der Waals surface area contributed by atoms with Gasteiger partial charge in [0.1, 0.15) is 6.04 Å². The zero-order valence-electron chi connectivity index (χ0n) is 12.3. The van der Waals surface area contributed by atoms with E-state index in [4.69, 9.17) is 4.74 Å². The Bertz CT molecular complexity index is 341. The largest absolute Gasteiger partial charge is 0.480 e. The second kappa shape index (κ2) is 5.77. The Hall–Kier alpha value is -1.30. The summed E-state index contributed by atoms with van der Waals surface area (Å²) >= 11 is 0. The van der Waals surface area contributed by atoms with Crippen molar-refractivity contribution in [1.29, 1.82) is 0 Å². The quantitative estimate of drug-likeness (QED) is 0.794. The normalized spacial score (nSPS) is 25.8. The lowest BCUT2D eigenvalue weighted by Gasteiger charge is -2.37. The molecule has 1 aliphatic heterocycles. The molecule has 1 rings (SSSR count). The summed E-state index contributed by atoms with van der Waals surface area (Å²) in [7, 11) is 0. The molecule has 6 nitrogen and oxygen atoms in total. The van der Waals surface area contributed by atoms with Crippen LogP contribution in [0.5, 0.6) is 0 Å². The van der Waals surface area contributed by atoms with Gasteiger partial charge in [0, 0.05) is 13.1 Å². The van der Waals surface area contributed by atoms with Crippen LogP contribution in [0.15, 0.2) is 0 Å². The van der Waals surface area contributed by atoms with Crippen LogP contribution < -0.4 is 5.32 Å². The molecule has 1 saturated heterocycles. The summed E-state index contributed by atoms with van der Waals surface area (Å²) in [6.45, 7) is 10.1. The predicted molar refractivity (Wildman–Crippen MR) is 71.0 cm³/mol. The summed E-state index contributed by atoms with van der Waals surface area (Å²) in [5, 5.41) is 11.8. The number of carbonyl (C=O) groups excluding carboxylic acids is 1. The van der Waals surface area contributed by atoms with Crippen LogP contribution in [-0.4, -0.2) is 53.3 Å². The van der Waals surface area contributed by atoms with Gasteiger partial charge in [0.15, 0.2) is 0 Å². The van der Waals surface area contributed by atoms with Gasteiger partial charge >= 0.3 is 12.0 Å². The van der Waals surface area contributed by atoms with Crippen molar-refractivity contribution in [2.24, 2.45) is 5.41 Å². The highest BCUT2D eigenvalue weighted by Gasteiger charge is 2.35. The van der Waals surface area contributed by atoms with Crippen LogP contribution in [0.25, 0.3) is 0 Å². The maximum Gasteiger partial charge on any atom is 0.326 e. The fourth-order valence-electron chi connectivity index (χ4n) is 2.21. The number of urea groups is 1. The third-order valence-electron chi connectivity index (χ3n) is 3.09. The maximum absolute atomic E-state index is 12.1.